The number of benzene rings is 2. The van der Waals surface area contributed by atoms with Crippen LogP contribution >= 0.6 is 23.2 Å². The number of fused-ring (bicyclic) bond motifs is 1. The first-order valence-electron chi connectivity index (χ1n) is 11.3. The molecule has 5 rings (SSSR count). The summed E-state index contributed by atoms with van der Waals surface area (Å²) in [6.45, 7) is 4.20. The number of nitrogens with zero attached hydrogens (tertiary/aromatic N) is 2. The average Bonchev–Trinajstić information content (AvgIpc) is 3.36. The summed E-state index contributed by atoms with van der Waals surface area (Å²) in [5, 5.41) is 5.12. The van der Waals surface area contributed by atoms with Crippen LogP contribution in [0, 0.1) is 0 Å². The molecule has 1 N–H and O–H groups in total. The molecule has 0 atom stereocenters. The highest BCUT2D eigenvalue weighted by molar-refractivity contribution is 6.42. The molecular formula is C26H23Cl2N3O4. The van der Waals surface area contributed by atoms with Crippen LogP contribution in [0.15, 0.2) is 74.3 Å². The van der Waals surface area contributed by atoms with Crippen molar-refractivity contribution in [1.29, 1.82) is 0 Å². The summed E-state index contributed by atoms with van der Waals surface area (Å²) in [6.07, 6.45) is 0. The van der Waals surface area contributed by atoms with Crippen LogP contribution in [0.4, 0.5) is 5.69 Å². The minimum Gasteiger partial charge on any atom is -0.451 e. The molecule has 0 spiro atoms. The number of hydrogen-bond donors (Lipinski definition) is 1. The van der Waals surface area contributed by atoms with Crippen LogP contribution in [-0.2, 0) is 0 Å². The van der Waals surface area contributed by atoms with E-state index in [2.05, 4.69) is 10.2 Å². The summed E-state index contributed by atoms with van der Waals surface area (Å²) in [5.41, 5.74) is 1.72. The van der Waals surface area contributed by atoms with Gasteiger partial charge < -0.3 is 19.1 Å². The topological polar surface area (TPSA) is 78.9 Å². The van der Waals surface area contributed by atoms with E-state index in [0.717, 1.165) is 36.3 Å². The number of piperazine rings is 1. The smallest absolute Gasteiger partial charge is 0.338 e. The van der Waals surface area contributed by atoms with Gasteiger partial charge in [-0.2, -0.15) is 0 Å². The van der Waals surface area contributed by atoms with Crippen LogP contribution in [0.25, 0.3) is 22.3 Å². The van der Waals surface area contributed by atoms with Crippen molar-refractivity contribution < 1.29 is 13.6 Å². The van der Waals surface area contributed by atoms with E-state index >= 15 is 0 Å². The zero-order valence-electron chi connectivity index (χ0n) is 18.8. The van der Waals surface area contributed by atoms with Gasteiger partial charge in [0.15, 0.2) is 5.76 Å². The minimum absolute atomic E-state index is 0.128. The van der Waals surface area contributed by atoms with Gasteiger partial charge in [0.2, 0.25) is 0 Å². The van der Waals surface area contributed by atoms with Gasteiger partial charge in [0.25, 0.3) is 5.91 Å². The maximum Gasteiger partial charge on any atom is 0.338 e. The molecule has 0 radical (unpaired) electrons. The zero-order valence-corrected chi connectivity index (χ0v) is 20.3. The van der Waals surface area contributed by atoms with Crippen molar-refractivity contribution in [1.82, 2.24) is 9.80 Å². The molecule has 180 valence electrons. The number of anilines is 1. The maximum atomic E-state index is 12.9. The summed E-state index contributed by atoms with van der Waals surface area (Å²) in [4.78, 5) is 28.9. The predicted octanol–water partition coefficient (Wildman–Crippen LogP) is 5.23. The molecule has 1 aliphatic rings. The van der Waals surface area contributed by atoms with Gasteiger partial charge in [-0.3, -0.25) is 9.69 Å². The molecule has 3 heterocycles. The minimum atomic E-state index is -0.376. The fourth-order valence-corrected chi connectivity index (χ4v) is 4.49. The Kier molecular flexibility index (Phi) is 6.81. The van der Waals surface area contributed by atoms with Gasteiger partial charge in [-0.15, -0.1) is 0 Å². The van der Waals surface area contributed by atoms with Crippen molar-refractivity contribution in [2.24, 2.45) is 0 Å². The molecule has 35 heavy (non-hydrogen) atoms. The van der Waals surface area contributed by atoms with E-state index in [1.807, 2.05) is 18.2 Å². The zero-order chi connectivity index (χ0) is 24.4. The van der Waals surface area contributed by atoms with Crippen molar-refractivity contribution in [2.45, 2.75) is 0 Å². The van der Waals surface area contributed by atoms with E-state index in [1.165, 1.54) is 6.07 Å². The number of furan rings is 1. The quantitative estimate of drug-likeness (QED) is 0.357. The first kappa shape index (κ1) is 23.5. The van der Waals surface area contributed by atoms with Crippen molar-refractivity contribution in [2.75, 3.05) is 44.6 Å². The Bertz CT molecular complexity index is 1420. The lowest BCUT2D eigenvalue weighted by molar-refractivity contribution is 0.0612. The van der Waals surface area contributed by atoms with Crippen LogP contribution in [-0.4, -0.2) is 55.0 Å². The first-order chi connectivity index (χ1) is 17.0. The van der Waals surface area contributed by atoms with Gasteiger partial charge in [0, 0.05) is 56.3 Å². The fraction of sp³-hybridized carbons (Fsp3) is 0.231. The Morgan fingerprint density at radius 3 is 2.51 bits per heavy atom. The van der Waals surface area contributed by atoms with Gasteiger partial charge in [-0.05, 0) is 42.5 Å². The summed E-state index contributed by atoms with van der Waals surface area (Å²) in [6, 6.07) is 17.6. The number of carbonyl (C=O) groups is 1. The number of carbonyl (C=O) groups excluding carboxylic acids is 1. The van der Waals surface area contributed by atoms with E-state index in [9.17, 15) is 9.59 Å². The Balaban J connectivity index is 1.14. The Morgan fingerprint density at radius 2 is 1.71 bits per heavy atom. The summed E-state index contributed by atoms with van der Waals surface area (Å²) in [7, 11) is 0. The Morgan fingerprint density at radius 1 is 0.914 bits per heavy atom. The lowest BCUT2D eigenvalue weighted by Crippen LogP contribution is -2.49. The van der Waals surface area contributed by atoms with Crippen molar-refractivity contribution in [3.63, 3.8) is 0 Å². The van der Waals surface area contributed by atoms with Gasteiger partial charge in [0.05, 0.1) is 15.7 Å². The van der Waals surface area contributed by atoms with Crippen LogP contribution in [0.3, 0.4) is 0 Å². The van der Waals surface area contributed by atoms with E-state index in [0.29, 0.717) is 46.8 Å². The number of para-hydroxylation sites is 1. The molecule has 0 bridgehead atoms. The van der Waals surface area contributed by atoms with E-state index < -0.39 is 0 Å². The molecule has 4 aromatic rings. The molecule has 1 fully saturated rings. The second-order valence-electron chi connectivity index (χ2n) is 8.33. The summed E-state index contributed by atoms with van der Waals surface area (Å²) in [5.74, 6) is 0.742. The molecule has 0 aliphatic carbocycles. The van der Waals surface area contributed by atoms with Crippen molar-refractivity contribution in [3.8, 4) is 11.3 Å². The highest BCUT2D eigenvalue weighted by atomic mass is 35.5. The molecule has 1 aliphatic heterocycles. The maximum absolute atomic E-state index is 12.9. The highest BCUT2D eigenvalue weighted by Crippen LogP contribution is 2.30. The Hall–Kier alpha value is -3.26. The van der Waals surface area contributed by atoms with Gasteiger partial charge in [-0.25, -0.2) is 4.79 Å². The van der Waals surface area contributed by atoms with Crippen molar-refractivity contribution >= 4 is 45.8 Å². The molecule has 9 heteroatoms. The largest absolute Gasteiger partial charge is 0.451 e. The number of rotatable bonds is 6. The molecule has 1 amide bonds. The molecule has 1 saturated heterocycles. The monoisotopic (exact) mass is 511 g/mol. The normalized spacial score (nSPS) is 14.4. The molecular weight excluding hydrogens is 489 g/mol. The average molecular weight is 512 g/mol. The molecule has 7 nitrogen and oxygen atoms in total. The summed E-state index contributed by atoms with van der Waals surface area (Å²) >= 11 is 12.1. The van der Waals surface area contributed by atoms with Crippen LogP contribution in [0.1, 0.15) is 10.6 Å². The lowest BCUT2D eigenvalue weighted by Gasteiger charge is -2.34. The molecule has 2 aromatic heterocycles. The summed E-state index contributed by atoms with van der Waals surface area (Å²) < 4.78 is 11.1. The van der Waals surface area contributed by atoms with Gasteiger partial charge >= 0.3 is 5.63 Å². The predicted molar refractivity (Wildman–Crippen MR) is 137 cm³/mol. The fourth-order valence-electron chi connectivity index (χ4n) is 4.19. The third kappa shape index (κ3) is 5.22. The Labute approximate surface area is 211 Å². The highest BCUT2D eigenvalue weighted by Gasteiger charge is 2.24. The third-order valence-electron chi connectivity index (χ3n) is 6.07. The standard InChI is InChI=1S/C26H23Cl2N3O4/c27-19-6-5-17(15-20(19)28)22-7-8-24(34-22)26(33)31-13-11-30(12-14-31)10-9-29-21-16-25(32)35-23-4-2-1-3-18(21)23/h1-8,15-16,29H,9-14H2. The van der Waals surface area contributed by atoms with Gasteiger partial charge in [-0.1, -0.05) is 35.3 Å². The SMILES string of the molecule is O=C(c1ccc(-c2ccc(Cl)c(Cl)c2)o1)N1CCN(CCNc2cc(=O)oc3ccccc23)CC1. The van der Waals surface area contributed by atoms with Crippen LogP contribution in [0.5, 0.6) is 0 Å². The van der Waals surface area contributed by atoms with Crippen LogP contribution in [0.2, 0.25) is 10.0 Å². The molecule has 2 aromatic carbocycles. The number of hydrogen-bond acceptors (Lipinski definition) is 6. The van der Waals surface area contributed by atoms with Crippen molar-refractivity contribution in [3.05, 3.63) is 86.9 Å². The second kappa shape index (κ2) is 10.2. The molecule has 0 unspecified atom stereocenters. The second-order valence-corrected chi connectivity index (χ2v) is 9.14. The van der Waals surface area contributed by atoms with Gasteiger partial charge in [0.1, 0.15) is 11.3 Å². The third-order valence-corrected chi connectivity index (χ3v) is 6.81. The van der Waals surface area contributed by atoms with E-state index in [4.69, 9.17) is 32.0 Å². The van der Waals surface area contributed by atoms with E-state index in [1.54, 1.807) is 41.3 Å². The lowest BCUT2D eigenvalue weighted by atomic mass is 10.2. The first-order valence-corrected chi connectivity index (χ1v) is 12.1. The number of nitrogens with one attached hydrogen (secondary N) is 1. The number of halogens is 2. The van der Waals surface area contributed by atoms with Crippen LogP contribution < -0.4 is 10.9 Å². The molecule has 0 saturated carbocycles. The number of amides is 1. The van der Waals surface area contributed by atoms with E-state index in [-0.39, 0.29) is 11.5 Å².